The second-order valence-corrected chi connectivity index (χ2v) is 4.91. The van der Waals surface area contributed by atoms with E-state index in [1.54, 1.807) is 26.2 Å². The third kappa shape index (κ3) is 2.70. The Morgan fingerprint density at radius 1 is 1.19 bits per heavy atom. The van der Waals surface area contributed by atoms with Gasteiger partial charge in [0, 0.05) is 11.1 Å². The van der Waals surface area contributed by atoms with Gasteiger partial charge in [0.25, 0.3) is 0 Å². The van der Waals surface area contributed by atoms with Crippen LogP contribution in [0.5, 0.6) is 5.75 Å². The minimum Gasteiger partial charge on any atom is -0.493 e. The van der Waals surface area contributed by atoms with Crippen LogP contribution in [0.15, 0.2) is 46.9 Å². The lowest BCUT2D eigenvalue weighted by Crippen LogP contribution is -1.98. The van der Waals surface area contributed by atoms with Crippen LogP contribution in [0, 0.1) is 12.7 Å². The lowest BCUT2D eigenvalue weighted by Gasteiger charge is -2.05. The van der Waals surface area contributed by atoms with Crippen LogP contribution in [0.4, 0.5) is 10.1 Å². The topological polar surface area (TPSA) is 34.4 Å². The summed E-state index contributed by atoms with van der Waals surface area (Å²) in [5, 5.41) is 4.23. The maximum Gasteiger partial charge on any atom is 0.176 e. The van der Waals surface area contributed by atoms with Gasteiger partial charge in [-0.1, -0.05) is 12.1 Å². The van der Waals surface area contributed by atoms with Gasteiger partial charge in [0.05, 0.1) is 13.7 Å². The lowest BCUT2D eigenvalue weighted by molar-refractivity contribution is 0.408. The van der Waals surface area contributed by atoms with Gasteiger partial charge >= 0.3 is 0 Å². The summed E-state index contributed by atoms with van der Waals surface area (Å²) in [7, 11) is 1.62. The first kappa shape index (κ1) is 13.5. The zero-order chi connectivity index (χ0) is 14.8. The molecule has 0 fully saturated rings. The Morgan fingerprint density at radius 3 is 2.81 bits per heavy atom. The molecule has 0 aliphatic rings. The highest BCUT2D eigenvalue weighted by atomic mass is 19.1. The molecule has 0 bridgehead atoms. The number of halogens is 1. The number of anilines is 1. The highest BCUT2D eigenvalue weighted by molar-refractivity contribution is 5.83. The maximum atomic E-state index is 13.2. The van der Waals surface area contributed by atoms with E-state index in [2.05, 4.69) is 5.32 Å². The van der Waals surface area contributed by atoms with Crippen LogP contribution < -0.4 is 10.1 Å². The van der Waals surface area contributed by atoms with Gasteiger partial charge < -0.3 is 14.5 Å². The van der Waals surface area contributed by atoms with E-state index < -0.39 is 0 Å². The van der Waals surface area contributed by atoms with E-state index in [1.807, 2.05) is 24.3 Å². The Hall–Kier alpha value is -2.49. The first-order valence-electron chi connectivity index (χ1n) is 6.73. The summed E-state index contributed by atoms with van der Waals surface area (Å²) in [4.78, 5) is 0. The van der Waals surface area contributed by atoms with Crippen molar-refractivity contribution in [2.45, 2.75) is 13.5 Å². The van der Waals surface area contributed by atoms with Crippen LogP contribution in [-0.2, 0) is 6.54 Å². The molecule has 2 aromatic carbocycles. The summed E-state index contributed by atoms with van der Waals surface area (Å²) in [5.41, 5.74) is 2.22. The number of methoxy groups -OCH3 is 1. The van der Waals surface area contributed by atoms with Crippen LogP contribution in [0.2, 0.25) is 0 Å². The number of aryl methyl sites for hydroxylation is 1. The Morgan fingerprint density at radius 2 is 2.05 bits per heavy atom. The zero-order valence-corrected chi connectivity index (χ0v) is 11.9. The molecule has 21 heavy (non-hydrogen) atoms. The average Bonchev–Trinajstić information content (AvgIpc) is 2.91. The summed E-state index contributed by atoms with van der Waals surface area (Å²) in [6, 6.07) is 12.7. The van der Waals surface area contributed by atoms with Crippen LogP contribution in [0.25, 0.3) is 11.0 Å². The largest absolute Gasteiger partial charge is 0.493 e. The number of fused-ring (bicyclic) bond motifs is 1. The third-order valence-electron chi connectivity index (χ3n) is 3.40. The molecular formula is C17H16FNO2. The predicted molar refractivity (Wildman–Crippen MR) is 81.2 cm³/mol. The highest BCUT2D eigenvalue weighted by Gasteiger charge is 2.08. The van der Waals surface area contributed by atoms with Crippen molar-refractivity contribution in [3.8, 4) is 5.75 Å². The number of rotatable bonds is 4. The van der Waals surface area contributed by atoms with E-state index in [1.165, 1.54) is 6.07 Å². The average molecular weight is 285 g/mol. The Labute approximate surface area is 122 Å². The van der Waals surface area contributed by atoms with Crippen LogP contribution >= 0.6 is 0 Å². The summed E-state index contributed by atoms with van der Waals surface area (Å²) < 4.78 is 24.3. The molecule has 0 unspecified atom stereocenters. The van der Waals surface area contributed by atoms with Crippen LogP contribution in [-0.4, -0.2) is 7.11 Å². The fraction of sp³-hybridized carbons (Fsp3) is 0.176. The summed E-state index contributed by atoms with van der Waals surface area (Å²) >= 11 is 0. The third-order valence-corrected chi connectivity index (χ3v) is 3.40. The molecule has 0 saturated heterocycles. The molecule has 0 spiro atoms. The number of hydrogen-bond donors (Lipinski definition) is 1. The molecule has 3 nitrogen and oxygen atoms in total. The number of furan rings is 1. The summed E-state index contributed by atoms with van der Waals surface area (Å²) in [5.74, 6) is 1.32. The summed E-state index contributed by atoms with van der Waals surface area (Å²) in [6.07, 6.45) is 0. The second kappa shape index (κ2) is 5.48. The fourth-order valence-electron chi connectivity index (χ4n) is 2.28. The molecule has 3 aromatic rings. The molecule has 108 valence electrons. The second-order valence-electron chi connectivity index (χ2n) is 4.91. The molecule has 3 rings (SSSR count). The van der Waals surface area contributed by atoms with Gasteiger partial charge in [0.1, 0.15) is 11.6 Å². The Balaban J connectivity index is 1.80. The van der Waals surface area contributed by atoms with Crippen molar-refractivity contribution in [1.29, 1.82) is 0 Å². The van der Waals surface area contributed by atoms with Crippen molar-refractivity contribution in [3.05, 3.63) is 59.6 Å². The van der Waals surface area contributed by atoms with Gasteiger partial charge in [-0.05, 0) is 42.8 Å². The van der Waals surface area contributed by atoms with Gasteiger partial charge in [0.15, 0.2) is 11.3 Å². The van der Waals surface area contributed by atoms with Crippen molar-refractivity contribution in [1.82, 2.24) is 0 Å². The molecule has 0 saturated carbocycles. The molecule has 0 amide bonds. The first-order chi connectivity index (χ1) is 10.2. The number of nitrogens with one attached hydrogen (secondary N) is 1. The standard InChI is InChI=1S/C17H16FNO2/c1-11-8-13(6-7-15(11)18)19-10-14-9-12-4-3-5-16(20-2)17(12)21-14/h3-9,19H,10H2,1-2H3. The van der Waals surface area contributed by atoms with E-state index >= 15 is 0 Å². The van der Waals surface area contributed by atoms with E-state index in [4.69, 9.17) is 9.15 Å². The van der Waals surface area contributed by atoms with Crippen molar-refractivity contribution in [2.75, 3.05) is 12.4 Å². The molecule has 0 radical (unpaired) electrons. The smallest absolute Gasteiger partial charge is 0.176 e. The van der Waals surface area contributed by atoms with Gasteiger partial charge in [-0.2, -0.15) is 0 Å². The number of hydrogen-bond acceptors (Lipinski definition) is 3. The number of ether oxygens (including phenoxy) is 1. The van der Waals surface area contributed by atoms with Crippen LogP contribution in [0.3, 0.4) is 0 Å². The van der Waals surface area contributed by atoms with Crippen molar-refractivity contribution in [2.24, 2.45) is 0 Å². The minimum atomic E-state index is -0.200. The quantitative estimate of drug-likeness (QED) is 0.766. The van der Waals surface area contributed by atoms with E-state index in [9.17, 15) is 4.39 Å². The van der Waals surface area contributed by atoms with E-state index in [0.29, 0.717) is 12.1 Å². The summed E-state index contributed by atoms with van der Waals surface area (Å²) in [6.45, 7) is 2.27. The Kier molecular flexibility index (Phi) is 3.52. The lowest BCUT2D eigenvalue weighted by atomic mass is 10.2. The van der Waals surface area contributed by atoms with E-state index in [-0.39, 0.29) is 5.82 Å². The number of benzene rings is 2. The molecule has 0 aliphatic heterocycles. The molecular weight excluding hydrogens is 269 g/mol. The predicted octanol–water partition coefficient (Wildman–Crippen LogP) is 4.50. The molecule has 0 aliphatic carbocycles. The van der Waals surface area contributed by atoms with Gasteiger partial charge in [-0.15, -0.1) is 0 Å². The molecule has 1 N–H and O–H groups in total. The van der Waals surface area contributed by atoms with E-state index in [0.717, 1.165) is 28.2 Å². The first-order valence-corrected chi connectivity index (χ1v) is 6.73. The molecule has 4 heteroatoms. The monoisotopic (exact) mass is 285 g/mol. The van der Waals surface area contributed by atoms with Gasteiger partial charge in [-0.25, -0.2) is 4.39 Å². The molecule has 1 aromatic heterocycles. The Bertz CT molecular complexity index is 780. The minimum absolute atomic E-state index is 0.200. The van der Waals surface area contributed by atoms with Crippen molar-refractivity contribution < 1.29 is 13.5 Å². The number of para-hydroxylation sites is 1. The highest BCUT2D eigenvalue weighted by Crippen LogP contribution is 2.28. The van der Waals surface area contributed by atoms with Gasteiger partial charge in [-0.3, -0.25) is 0 Å². The van der Waals surface area contributed by atoms with Crippen LogP contribution in [0.1, 0.15) is 11.3 Å². The maximum absolute atomic E-state index is 13.2. The van der Waals surface area contributed by atoms with Crippen molar-refractivity contribution >= 4 is 16.7 Å². The molecule has 1 heterocycles. The normalized spacial score (nSPS) is 10.8. The fourth-order valence-corrected chi connectivity index (χ4v) is 2.28. The van der Waals surface area contributed by atoms with Gasteiger partial charge in [0.2, 0.25) is 0 Å². The van der Waals surface area contributed by atoms with Crippen molar-refractivity contribution in [3.63, 3.8) is 0 Å². The SMILES string of the molecule is COc1cccc2cc(CNc3ccc(F)c(C)c3)oc12. The molecule has 0 atom stereocenters. The zero-order valence-electron chi connectivity index (χ0n) is 11.9.